The Bertz CT molecular complexity index is 1080. The highest BCUT2D eigenvalue weighted by Crippen LogP contribution is 2.30. The molecule has 0 saturated carbocycles. The lowest BCUT2D eigenvalue weighted by Gasteiger charge is -2.31. The third-order valence-corrected chi connectivity index (χ3v) is 6.96. The van der Waals surface area contributed by atoms with E-state index in [2.05, 4.69) is 4.98 Å². The number of imidazole rings is 1. The van der Waals surface area contributed by atoms with Crippen molar-refractivity contribution >= 4 is 10.0 Å². The molecule has 1 aliphatic heterocycles. The molecular formula is C20H21FN4O2S. The number of benzene rings is 1. The number of piperidine rings is 1. The molecule has 0 bridgehead atoms. The summed E-state index contributed by atoms with van der Waals surface area (Å²) in [5.41, 5.74) is 0.865. The van der Waals surface area contributed by atoms with Crippen LogP contribution in [0, 0.1) is 12.7 Å². The average molecular weight is 400 g/mol. The number of hydrogen-bond donors (Lipinski definition) is 0. The van der Waals surface area contributed by atoms with Gasteiger partial charge in [-0.25, -0.2) is 22.8 Å². The normalized spacial score (nSPS) is 18.3. The summed E-state index contributed by atoms with van der Waals surface area (Å²) in [6.45, 7) is 2.72. The van der Waals surface area contributed by atoms with E-state index in [0.29, 0.717) is 13.1 Å². The van der Waals surface area contributed by atoms with Gasteiger partial charge in [-0.3, -0.25) is 4.57 Å². The minimum atomic E-state index is -3.66. The predicted octanol–water partition coefficient (Wildman–Crippen LogP) is 3.28. The zero-order chi connectivity index (χ0) is 19.7. The van der Waals surface area contributed by atoms with Gasteiger partial charge in [0, 0.05) is 37.1 Å². The molecule has 1 unspecified atom stereocenters. The fraction of sp³-hybridized carbons (Fsp3) is 0.300. The highest BCUT2D eigenvalue weighted by Gasteiger charge is 2.31. The van der Waals surface area contributed by atoms with E-state index in [-0.39, 0.29) is 10.8 Å². The monoisotopic (exact) mass is 400 g/mol. The van der Waals surface area contributed by atoms with Gasteiger partial charge in [0.05, 0.1) is 4.90 Å². The van der Waals surface area contributed by atoms with Crippen molar-refractivity contribution in [1.82, 2.24) is 18.8 Å². The van der Waals surface area contributed by atoms with Gasteiger partial charge < -0.3 is 0 Å². The molecule has 28 heavy (non-hydrogen) atoms. The third-order valence-electron chi connectivity index (χ3n) is 5.08. The van der Waals surface area contributed by atoms with Crippen LogP contribution in [0.5, 0.6) is 0 Å². The van der Waals surface area contributed by atoms with E-state index in [0.717, 1.165) is 30.2 Å². The first-order chi connectivity index (χ1) is 13.4. The van der Waals surface area contributed by atoms with Gasteiger partial charge in [-0.05, 0) is 56.2 Å². The number of aromatic nitrogens is 3. The lowest BCUT2D eigenvalue weighted by molar-refractivity contribution is 0.312. The van der Waals surface area contributed by atoms with Crippen LogP contribution in [0.4, 0.5) is 4.39 Å². The topological polar surface area (TPSA) is 68.1 Å². The van der Waals surface area contributed by atoms with Gasteiger partial charge >= 0.3 is 0 Å². The molecular weight excluding hydrogens is 379 g/mol. The molecule has 4 rings (SSSR count). The van der Waals surface area contributed by atoms with Crippen molar-refractivity contribution in [2.24, 2.45) is 0 Å². The smallest absolute Gasteiger partial charge is 0.243 e. The van der Waals surface area contributed by atoms with E-state index in [9.17, 15) is 12.8 Å². The van der Waals surface area contributed by atoms with Crippen molar-refractivity contribution in [3.63, 3.8) is 0 Å². The number of hydrogen-bond acceptors (Lipinski definition) is 4. The first kappa shape index (κ1) is 18.8. The number of aryl methyl sites for hydroxylation is 1. The Morgan fingerprint density at radius 2 is 1.93 bits per heavy atom. The van der Waals surface area contributed by atoms with Crippen LogP contribution in [0.25, 0.3) is 5.82 Å². The summed E-state index contributed by atoms with van der Waals surface area (Å²) in [6, 6.07) is 10.8. The Balaban J connectivity index is 1.59. The molecule has 0 spiro atoms. The Morgan fingerprint density at radius 3 is 2.64 bits per heavy atom. The molecule has 146 valence electrons. The first-order valence-electron chi connectivity index (χ1n) is 9.18. The van der Waals surface area contributed by atoms with Crippen molar-refractivity contribution in [3.05, 3.63) is 72.2 Å². The first-order valence-corrected chi connectivity index (χ1v) is 10.6. The van der Waals surface area contributed by atoms with E-state index in [1.807, 2.05) is 35.9 Å². The Hall–Kier alpha value is -2.58. The Morgan fingerprint density at radius 1 is 1.14 bits per heavy atom. The second-order valence-electron chi connectivity index (χ2n) is 6.92. The molecule has 1 fully saturated rings. The summed E-state index contributed by atoms with van der Waals surface area (Å²) in [4.78, 5) is 9.10. The maximum atomic E-state index is 13.2. The van der Waals surface area contributed by atoms with Crippen LogP contribution in [0.15, 0.2) is 59.8 Å². The molecule has 3 heterocycles. The molecule has 8 heteroatoms. The number of halogens is 1. The Labute approximate surface area is 163 Å². The minimum Gasteiger partial charge on any atom is -0.288 e. The van der Waals surface area contributed by atoms with Crippen LogP contribution in [0.2, 0.25) is 0 Å². The number of sulfonamides is 1. The molecule has 0 radical (unpaired) electrons. The predicted molar refractivity (Wildman–Crippen MR) is 103 cm³/mol. The van der Waals surface area contributed by atoms with Gasteiger partial charge in [0.25, 0.3) is 0 Å². The molecule has 0 N–H and O–H groups in total. The zero-order valence-electron chi connectivity index (χ0n) is 15.5. The quantitative estimate of drug-likeness (QED) is 0.674. The fourth-order valence-electron chi connectivity index (χ4n) is 3.58. The summed E-state index contributed by atoms with van der Waals surface area (Å²) in [7, 11) is -3.66. The second kappa shape index (κ2) is 7.44. The van der Waals surface area contributed by atoms with Gasteiger partial charge in [0.1, 0.15) is 17.5 Å². The van der Waals surface area contributed by atoms with Crippen LogP contribution < -0.4 is 0 Å². The SMILES string of the molecule is Cc1nccn1-c1cccc(C2CCCN(S(=O)(=O)c3ccc(F)cc3)C2)n1. The highest BCUT2D eigenvalue weighted by atomic mass is 32.2. The van der Waals surface area contributed by atoms with Crippen LogP contribution in [-0.4, -0.2) is 40.3 Å². The van der Waals surface area contributed by atoms with Crippen molar-refractivity contribution in [2.45, 2.75) is 30.6 Å². The molecule has 0 aliphatic carbocycles. The van der Waals surface area contributed by atoms with E-state index < -0.39 is 15.8 Å². The summed E-state index contributed by atoms with van der Waals surface area (Å²) >= 11 is 0. The largest absolute Gasteiger partial charge is 0.288 e. The van der Waals surface area contributed by atoms with E-state index >= 15 is 0 Å². The standard InChI is InChI=1S/C20H21FN4O2S/c1-15-22-11-13-25(15)20-6-2-5-19(23-20)16-4-3-12-24(14-16)28(26,27)18-9-7-17(21)8-10-18/h2,5-11,13,16H,3-4,12,14H2,1H3. The minimum absolute atomic E-state index is 0.00718. The lowest BCUT2D eigenvalue weighted by atomic mass is 9.95. The van der Waals surface area contributed by atoms with Gasteiger partial charge in [0.2, 0.25) is 10.0 Å². The molecule has 2 aromatic heterocycles. The van der Waals surface area contributed by atoms with Crippen molar-refractivity contribution in [1.29, 1.82) is 0 Å². The van der Waals surface area contributed by atoms with Crippen LogP contribution in [-0.2, 0) is 10.0 Å². The van der Waals surface area contributed by atoms with E-state index in [4.69, 9.17) is 4.98 Å². The summed E-state index contributed by atoms with van der Waals surface area (Å²) in [5.74, 6) is 1.17. The molecule has 6 nitrogen and oxygen atoms in total. The highest BCUT2D eigenvalue weighted by molar-refractivity contribution is 7.89. The van der Waals surface area contributed by atoms with Crippen molar-refractivity contribution in [3.8, 4) is 5.82 Å². The maximum Gasteiger partial charge on any atom is 0.243 e. The van der Waals surface area contributed by atoms with Crippen LogP contribution in [0.1, 0.15) is 30.3 Å². The van der Waals surface area contributed by atoms with Crippen LogP contribution >= 0.6 is 0 Å². The number of nitrogens with zero attached hydrogens (tertiary/aromatic N) is 4. The van der Waals surface area contributed by atoms with E-state index in [1.165, 1.54) is 28.6 Å². The second-order valence-corrected chi connectivity index (χ2v) is 8.86. The fourth-order valence-corrected chi connectivity index (χ4v) is 5.10. The molecule has 3 aromatic rings. The molecule has 1 atom stereocenters. The maximum absolute atomic E-state index is 13.2. The summed E-state index contributed by atoms with van der Waals surface area (Å²) < 4.78 is 42.4. The molecule has 1 aliphatic rings. The van der Waals surface area contributed by atoms with Gasteiger partial charge in [-0.2, -0.15) is 4.31 Å². The van der Waals surface area contributed by atoms with E-state index in [1.54, 1.807) is 6.20 Å². The molecule has 0 amide bonds. The number of rotatable bonds is 4. The third kappa shape index (κ3) is 3.57. The van der Waals surface area contributed by atoms with Gasteiger partial charge in [-0.15, -0.1) is 0 Å². The van der Waals surface area contributed by atoms with Gasteiger partial charge in [-0.1, -0.05) is 6.07 Å². The van der Waals surface area contributed by atoms with Crippen LogP contribution in [0.3, 0.4) is 0 Å². The van der Waals surface area contributed by atoms with Crippen molar-refractivity contribution < 1.29 is 12.8 Å². The molecule has 1 aromatic carbocycles. The Kier molecular flexibility index (Phi) is 4.99. The molecule has 1 saturated heterocycles. The number of pyridine rings is 1. The zero-order valence-corrected chi connectivity index (χ0v) is 16.3. The summed E-state index contributed by atoms with van der Waals surface area (Å²) in [6.07, 6.45) is 5.20. The van der Waals surface area contributed by atoms with Gasteiger partial charge in [0.15, 0.2) is 0 Å². The lowest BCUT2D eigenvalue weighted by Crippen LogP contribution is -2.39. The summed E-state index contributed by atoms with van der Waals surface area (Å²) in [5, 5.41) is 0. The average Bonchev–Trinajstić information content (AvgIpc) is 3.14. The van der Waals surface area contributed by atoms with Crippen molar-refractivity contribution in [2.75, 3.05) is 13.1 Å².